The maximum Gasteiger partial charge on any atom is 4.00 e. The van der Waals surface area contributed by atoms with Gasteiger partial charge in [0.2, 0.25) is 0 Å². The topological polar surface area (TPSA) is 143 Å². The Morgan fingerprint density at radius 2 is 0.357 bits per heavy atom. The molecule has 0 aromatic carbocycles. The second-order valence-corrected chi connectivity index (χ2v) is 0. The van der Waals surface area contributed by atoms with Crippen LogP contribution in [0.4, 0.5) is 0 Å². The van der Waals surface area contributed by atoms with Crippen LogP contribution in [-0.2, 0) is 38.8 Å². The zero-order valence-electron chi connectivity index (χ0n) is 6.54. The Morgan fingerprint density at radius 1 is 0.357 bits per heavy atom. The van der Waals surface area contributed by atoms with Crippen LogP contribution < -0.4 is 0 Å². The summed E-state index contributed by atoms with van der Waals surface area (Å²) >= 11 is 0. The van der Waals surface area contributed by atoms with Crippen molar-refractivity contribution in [2.75, 3.05) is 0 Å². The van der Waals surface area contributed by atoms with Gasteiger partial charge in [-0.3, -0.25) is 0 Å². The van der Waals surface area contributed by atoms with E-state index in [2.05, 4.69) is 0 Å². The monoisotopic (exact) mass is 260 g/mol. The van der Waals surface area contributed by atoms with E-state index in [-0.39, 0.29) is 38.8 Å². The molecule has 0 aliphatic heterocycles. The third-order valence-electron chi connectivity index (χ3n) is 0. The third kappa shape index (κ3) is 257. The summed E-state index contributed by atoms with van der Waals surface area (Å²) in [4.78, 5) is 0. The molecule has 0 heterocycles. The van der Waals surface area contributed by atoms with Crippen molar-refractivity contribution in [3.05, 3.63) is 39.4 Å². The largest absolute Gasteiger partial charge is 4.00 e. The molecule has 0 saturated carbocycles. The van der Waals surface area contributed by atoms with Gasteiger partial charge >= 0.3 is 38.8 Å². The smallest absolute Gasteiger partial charge is 0.512 e. The van der Waals surface area contributed by atoms with E-state index in [1.807, 2.05) is 0 Å². The van der Waals surface area contributed by atoms with E-state index in [4.69, 9.17) is 71.0 Å². The second-order valence-electron chi connectivity index (χ2n) is 0. The van der Waals surface area contributed by atoms with Gasteiger partial charge in [0.05, 0.1) is 0 Å². The van der Waals surface area contributed by atoms with E-state index >= 15 is 0 Å². The normalized spacial score (nSPS) is 0.857. The van der Waals surface area contributed by atoms with Gasteiger partial charge in [0.25, 0.3) is 0 Å². The van der Waals surface area contributed by atoms with Gasteiger partial charge in [0.15, 0.2) is 0 Å². The molecule has 0 bridgehead atoms. The fraction of sp³-hybridized carbons (Fsp3) is 0. The number of rotatable bonds is 0. The molecule has 8 heteroatoms. The maximum absolute atomic E-state index is 6.25. The summed E-state index contributed by atoms with van der Waals surface area (Å²) in [5, 5.41) is 37.5. The molecule has 14 heavy (non-hydrogen) atoms. The molecule has 0 radical (unpaired) electrons. The molecule has 6 nitrogen and oxygen atoms in total. The van der Waals surface area contributed by atoms with Crippen molar-refractivity contribution in [1.82, 2.24) is 0 Å². The second kappa shape index (κ2) is 347. The molecule has 0 atom stereocenters. The molecule has 66 valence electrons. The van der Waals surface area contributed by atoms with E-state index in [1.54, 1.807) is 0 Å². The first-order valence-corrected chi connectivity index (χ1v) is 1.34. The molecule has 0 aromatic heterocycles. The molecule has 0 aromatic rings. The van der Waals surface area contributed by atoms with Crippen molar-refractivity contribution in [3.8, 4) is 0 Å². The van der Waals surface area contributed by atoms with Crippen molar-refractivity contribution in [2.45, 2.75) is 0 Å². The van der Waals surface area contributed by atoms with Crippen molar-refractivity contribution < 1.29 is 38.8 Å². The molecule has 0 rings (SSSR count). The first-order valence-electron chi connectivity index (χ1n) is 1.34. The first-order chi connectivity index (χ1) is 6.00. The molecule has 0 N–H and O–H groups in total. The molecule has 0 aliphatic rings. The fourth-order valence-corrected chi connectivity index (χ4v) is 0. The summed E-state index contributed by atoms with van der Waals surface area (Å²) in [5.74, 6) is 0. The van der Waals surface area contributed by atoms with Crippen LogP contribution in [0.5, 0.6) is 0 Å². The van der Waals surface area contributed by atoms with Crippen LogP contribution in [0.2, 0.25) is 0 Å². The fourth-order valence-electron chi connectivity index (χ4n) is 0. The zero-order chi connectivity index (χ0) is 12.0. The molecule has 0 unspecified atom stereocenters. The molecule has 0 spiro atoms. The quantitative estimate of drug-likeness (QED) is 0.460. The van der Waals surface area contributed by atoms with E-state index in [0.29, 0.717) is 0 Å². The molecular formula is C6FeN6Ti. The van der Waals surface area contributed by atoms with Crippen LogP contribution in [0.25, 0.3) is 0 Å². The maximum atomic E-state index is 6.25. The van der Waals surface area contributed by atoms with Crippen LogP contribution >= 0.6 is 0 Å². The summed E-state index contributed by atoms with van der Waals surface area (Å²) < 4.78 is 0. The van der Waals surface area contributed by atoms with Gasteiger partial charge in [-0.05, 0) is 0 Å². The van der Waals surface area contributed by atoms with Gasteiger partial charge in [-0.1, -0.05) is 0 Å². The van der Waals surface area contributed by atoms with Crippen LogP contribution in [-0.4, -0.2) is 0 Å². The van der Waals surface area contributed by atoms with Crippen molar-refractivity contribution in [1.29, 1.82) is 31.6 Å². The van der Waals surface area contributed by atoms with Crippen molar-refractivity contribution >= 4 is 0 Å². The minimum atomic E-state index is 0. The Kier molecular flexibility index (Phi) is 2160. The van der Waals surface area contributed by atoms with E-state index in [9.17, 15) is 0 Å². The zero-order valence-corrected chi connectivity index (χ0v) is 9.20. The van der Waals surface area contributed by atoms with Gasteiger partial charge in [0, 0.05) is 0 Å². The first kappa shape index (κ1) is 87.3. The number of hydrogen-bond donors (Lipinski definition) is 0. The van der Waals surface area contributed by atoms with Crippen LogP contribution in [0.15, 0.2) is 0 Å². The predicted octanol–water partition coefficient (Wildman–Crippen LogP) is 0.573. The number of nitrogens with zero attached hydrogens (tertiary/aromatic N) is 6. The van der Waals surface area contributed by atoms with Crippen LogP contribution in [0.3, 0.4) is 0 Å². The molecule has 0 saturated heterocycles. The summed E-state index contributed by atoms with van der Waals surface area (Å²) in [7, 11) is 0. The van der Waals surface area contributed by atoms with E-state index < -0.39 is 0 Å². The minimum absolute atomic E-state index is 0. The van der Waals surface area contributed by atoms with Gasteiger partial charge in [-0.15, -0.1) is 0 Å². The Hall–Kier alpha value is -1.83. The predicted molar refractivity (Wildman–Crippen MR) is 29.8 cm³/mol. The molecule has 0 amide bonds. The molecule has 0 fully saturated rings. The molecular weight excluding hydrogens is 260 g/mol. The van der Waals surface area contributed by atoms with Crippen LogP contribution in [0.1, 0.15) is 0 Å². The summed E-state index contributed by atoms with van der Waals surface area (Å²) in [6.45, 7) is 28.5. The Labute approximate surface area is 110 Å². The Bertz CT molecular complexity index is 97.3. The standard InChI is InChI=1S/6CN.Fe.Ti/c6*1-2;;/q6*-1;+2;+4. The van der Waals surface area contributed by atoms with Gasteiger partial charge < -0.3 is 71.0 Å². The molecule has 0 aliphatic carbocycles. The minimum Gasteiger partial charge on any atom is -0.512 e. The Morgan fingerprint density at radius 3 is 0.357 bits per heavy atom. The average molecular weight is 260 g/mol. The third-order valence-corrected chi connectivity index (χ3v) is 0. The summed E-state index contributed by atoms with van der Waals surface area (Å²) in [5.41, 5.74) is 0. The van der Waals surface area contributed by atoms with E-state index in [0.717, 1.165) is 0 Å². The Balaban J connectivity index is -0.00000000500. The summed E-state index contributed by atoms with van der Waals surface area (Å²) in [6.07, 6.45) is 0. The van der Waals surface area contributed by atoms with Crippen LogP contribution in [0, 0.1) is 71.0 Å². The van der Waals surface area contributed by atoms with Gasteiger partial charge in [-0.25, -0.2) is 0 Å². The average Bonchev–Trinajstić information content (AvgIpc) is 2.33. The van der Waals surface area contributed by atoms with Crippen molar-refractivity contribution in [3.63, 3.8) is 0 Å². The number of hydrogen-bond acceptors (Lipinski definition) is 6. The van der Waals surface area contributed by atoms with E-state index in [1.165, 1.54) is 0 Å². The van der Waals surface area contributed by atoms with Gasteiger partial charge in [0.1, 0.15) is 0 Å². The summed E-state index contributed by atoms with van der Waals surface area (Å²) in [6, 6.07) is 0. The van der Waals surface area contributed by atoms with Gasteiger partial charge in [-0.2, -0.15) is 0 Å². The van der Waals surface area contributed by atoms with Crippen molar-refractivity contribution in [2.24, 2.45) is 0 Å². The SMILES string of the molecule is [C-]#N.[C-]#N.[C-]#N.[C-]#N.[C-]#N.[C-]#N.[Fe+2].[Ti+4].